The quantitative estimate of drug-likeness (QED) is 0.0495. The molecule has 1 fully saturated rings. The molecule has 0 bridgehead atoms. The molecular weight excluding hydrogens is 562 g/mol. The summed E-state index contributed by atoms with van der Waals surface area (Å²) in [6.45, 7) is 3.68. The summed E-state index contributed by atoms with van der Waals surface area (Å²) in [6.07, 6.45) is 19.9. The van der Waals surface area contributed by atoms with Crippen LogP contribution in [0.4, 0.5) is 0 Å². The van der Waals surface area contributed by atoms with Gasteiger partial charge in [0.1, 0.15) is 24.4 Å². The number of rotatable bonds is 28. The van der Waals surface area contributed by atoms with Gasteiger partial charge in [0.05, 0.1) is 25.4 Å². The fraction of sp³-hybridized carbons (Fsp3) is 0.914. The summed E-state index contributed by atoms with van der Waals surface area (Å²) in [6, 6.07) is -0.794. The summed E-state index contributed by atoms with van der Waals surface area (Å²) in [5.41, 5.74) is 0. The summed E-state index contributed by atoms with van der Waals surface area (Å²) in [5.74, 6) is -0.182. The lowest BCUT2D eigenvalue weighted by Gasteiger charge is -2.40. The number of unbranched alkanes of at least 4 members (excludes halogenated alkanes) is 18. The molecule has 0 radical (unpaired) electrons. The highest BCUT2D eigenvalue weighted by Gasteiger charge is 2.44. The van der Waals surface area contributed by atoms with Crippen LogP contribution in [0.1, 0.15) is 149 Å². The van der Waals surface area contributed by atoms with Gasteiger partial charge in [0.25, 0.3) is 0 Å². The third kappa shape index (κ3) is 18.8. The van der Waals surface area contributed by atoms with E-state index in [1.807, 2.05) is 6.08 Å². The van der Waals surface area contributed by atoms with E-state index in [4.69, 9.17) is 9.47 Å². The van der Waals surface area contributed by atoms with Crippen molar-refractivity contribution >= 4 is 5.91 Å². The number of aliphatic hydroxyl groups is 5. The molecule has 9 heteroatoms. The standard InChI is InChI=1S/C35H67NO8/c1-3-5-7-9-11-12-13-14-15-16-17-19-21-23-25-31(39)36-28(29(38)24-22-20-18-10-8-6-4-2)27-43-35-34(42)33(41)32(40)30(26-37)44-35/h22,24,28-30,32-35,37-38,40-42H,3-21,23,25-27H2,1-2H3,(H,36,39)/b24-22+. The molecule has 7 unspecified atom stereocenters. The summed E-state index contributed by atoms with van der Waals surface area (Å²) in [5, 5.41) is 53.6. The van der Waals surface area contributed by atoms with Crippen LogP contribution in [0.3, 0.4) is 0 Å². The Hall–Kier alpha value is -1.07. The molecule has 6 N–H and O–H groups in total. The highest BCUT2D eigenvalue weighted by atomic mass is 16.7. The largest absolute Gasteiger partial charge is 0.394 e. The monoisotopic (exact) mass is 629 g/mol. The number of carbonyl (C=O) groups is 1. The van der Waals surface area contributed by atoms with Gasteiger partial charge in [0.15, 0.2) is 6.29 Å². The lowest BCUT2D eigenvalue weighted by molar-refractivity contribution is -0.302. The van der Waals surface area contributed by atoms with Gasteiger partial charge in [0, 0.05) is 6.42 Å². The van der Waals surface area contributed by atoms with Crippen molar-refractivity contribution in [1.29, 1.82) is 0 Å². The van der Waals surface area contributed by atoms with Crippen LogP contribution in [-0.4, -0.2) is 87.5 Å². The van der Waals surface area contributed by atoms with E-state index in [0.717, 1.165) is 38.5 Å². The Morgan fingerprint density at radius 1 is 0.750 bits per heavy atom. The molecule has 1 heterocycles. The first-order valence-electron chi connectivity index (χ1n) is 17.9. The Kier molecular flexibility index (Phi) is 25.2. The summed E-state index contributed by atoms with van der Waals surface area (Å²) in [4.78, 5) is 12.8. The maximum absolute atomic E-state index is 12.8. The van der Waals surface area contributed by atoms with Crippen LogP contribution in [0, 0.1) is 0 Å². The summed E-state index contributed by atoms with van der Waals surface area (Å²) >= 11 is 0. The van der Waals surface area contributed by atoms with E-state index in [0.29, 0.717) is 6.42 Å². The minimum Gasteiger partial charge on any atom is -0.394 e. The van der Waals surface area contributed by atoms with Gasteiger partial charge in [-0.05, 0) is 19.3 Å². The van der Waals surface area contributed by atoms with Crippen molar-refractivity contribution in [2.45, 2.75) is 192 Å². The topological polar surface area (TPSA) is 149 Å². The zero-order valence-corrected chi connectivity index (χ0v) is 27.9. The maximum Gasteiger partial charge on any atom is 0.220 e. The van der Waals surface area contributed by atoms with E-state index in [1.165, 1.54) is 89.9 Å². The molecule has 0 aromatic rings. The molecule has 0 aromatic carbocycles. The highest BCUT2D eigenvalue weighted by molar-refractivity contribution is 5.76. The first kappa shape index (κ1) is 41.0. The van der Waals surface area contributed by atoms with Crippen molar-refractivity contribution in [3.05, 3.63) is 12.2 Å². The smallest absolute Gasteiger partial charge is 0.220 e. The third-order valence-corrected chi connectivity index (χ3v) is 8.61. The van der Waals surface area contributed by atoms with Crippen molar-refractivity contribution < 1.29 is 39.8 Å². The first-order chi connectivity index (χ1) is 21.3. The summed E-state index contributed by atoms with van der Waals surface area (Å²) < 4.78 is 11.1. The second-order valence-electron chi connectivity index (χ2n) is 12.7. The molecule has 260 valence electrons. The number of allylic oxidation sites excluding steroid dienone is 1. The Morgan fingerprint density at radius 2 is 1.25 bits per heavy atom. The normalized spacial score (nSPS) is 23.7. The van der Waals surface area contributed by atoms with Gasteiger partial charge in [0.2, 0.25) is 5.91 Å². The van der Waals surface area contributed by atoms with Crippen molar-refractivity contribution in [2.75, 3.05) is 13.2 Å². The van der Waals surface area contributed by atoms with E-state index in [1.54, 1.807) is 6.08 Å². The maximum atomic E-state index is 12.8. The van der Waals surface area contributed by atoms with E-state index in [9.17, 15) is 30.3 Å². The van der Waals surface area contributed by atoms with Crippen LogP contribution < -0.4 is 5.32 Å². The number of carbonyl (C=O) groups excluding carboxylic acids is 1. The predicted octanol–water partition coefficient (Wildman–Crippen LogP) is 5.44. The van der Waals surface area contributed by atoms with Gasteiger partial charge < -0.3 is 40.3 Å². The second-order valence-corrected chi connectivity index (χ2v) is 12.7. The van der Waals surface area contributed by atoms with Gasteiger partial charge in [-0.3, -0.25) is 4.79 Å². The van der Waals surface area contributed by atoms with Gasteiger partial charge >= 0.3 is 0 Å². The molecule has 0 spiro atoms. The Labute approximate surface area is 267 Å². The lowest BCUT2D eigenvalue weighted by atomic mass is 9.99. The zero-order chi connectivity index (χ0) is 32.4. The van der Waals surface area contributed by atoms with Gasteiger partial charge in [-0.25, -0.2) is 0 Å². The van der Waals surface area contributed by atoms with Crippen LogP contribution in [0.5, 0.6) is 0 Å². The fourth-order valence-electron chi connectivity index (χ4n) is 5.62. The fourth-order valence-corrected chi connectivity index (χ4v) is 5.62. The van der Waals surface area contributed by atoms with Crippen LogP contribution in [-0.2, 0) is 14.3 Å². The predicted molar refractivity (Wildman–Crippen MR) is 175 cm³/mol. The minimum atomic E-state index is -1.56. The first-order valence-corrected chi connectivity index (χ1v) is 17.9. The molecule has 1 aliphatic rings. The molecule has 9 nitrogen and oxygen atoms in total. The number of aliphatic hydroxyl groups excluding tert-OH is 5. The van der Waals surface area contributed by atoms with Gasteiger partial charge in [-0.2, -0.15) is 0 Å². The molecule has 1 saturated heterocycles. The van der Waals surface area contributed by atoms with Crippen LogP contribution >= 0.6 is 0 Å². The van der Waals surface area contributed by atoms with Crippen molar-refractivity contribution in [2.24, 2.45) is 0 Å². The molecule has 1 aliphatic heterocycles. The van der Waals surface area contributed by atoms with E-state index in [-0.39, 0.29) is 12.5 Å². The Balaban J connectivity index is 2.42. The molecule has 0 saturated carbocycles. The number of amides is 1. The average molecular weight is 630 g/mol. The number of ether oxygens (including phenoxy) is 2. The molecule has 0 aliphatic carbocycles. The molecule has 1 amide bonds. The lowest BCUT2D eigenvalue weighted by Crippen LogP contribution is -2.60. The van der Waals surface area contributed by atoms with E-state index < -0.39 is 49.5 Å². The van der Waals surface area contributed by atoms with Crippen LogP contribution in [0.15, 0.2) is 12.2 Å². The van der Waals surface area contributed by atoms with E-state index in [2.05, 4.69) is 19.2 Å². The SMILES string of the molecule is CCCCCCC/C=C/C(O)C(COC1OC(CO)C(O)C(O)C1O)NC(=O)CCCCCCCCCCCCCCCC. The van der Waals surface area contributed by atoms with Gasteiger partial charge in [-0.15, -0.1) is 0 Å². The van der Waals surface area contributed by atoms with Gasteiger partial charge in [-0.1, -0.05) is 135 Å². The third-order valence-electron chi connectivity index (χ3n) is 8.61. The molecule has 44 heavy (non-hydrogen) atoms. The van der Waals surface area contributed by atoms with Crippen molar-refractivity contribution in [3.63, 3.8) is 0 Å². The van der Waals surface area contributed by atoms with Crippen LogP contribution in [0.2, 0.25) is 0 Å². The van der Waals surface area contributed by atoms with Crippen LogP contribution in [0.25, 0.3) is 0 Å². The van der Waals surface area contributed by atoms with Crippen molar-refractivity contribution in [3.8, 4) is 0 Å². The van der Waals surface area contributed by atoms with E-state index >= 15 is 0 Å². The molecule has 1 rings (SSSR count). The molecular formula is C35H67NO8. The van der Waals surface area contributed by atoms with Crippen molar-refractivity contribution in [1.82, 2.24) is 5.32 Å². The summed E-state index contributed by atoms with van der Waals surface area (Å²) in [7, 11) is 0. The average Bonchev–Trinajstić information content (AvgIpc) is 3.02. The molecule has 0 aromatic heterocycles. The second kappa shape index (κ2) is 27.1. The Bertz CT molecular complexity index is 706. The molecule has 7 atom stereocenters. The Morgan fingerprint density at radius 3 is 1.77 bits per heavy atom. The minimum absolute atomic E-state index is 0.182. The zero-order valence-electron chi connectivity index (χ0n) is 27.9. The number of hydrogen-bond acceptors (Lipinski definition) is 8. The number of hydrogen-bond donors (Lipinski definition) is 6. The highest BCUT2D eigenvalue weighted by Crippen LogP contribution is 2.22. The number of nitrogens with one attached hydrogen (secondary N) is 1.